The van der Waals surface area contributed by atoms with Crippen LogP contribution in [0.2, 0.25) is 18.1 Å². The molecule has 1 N–H and O–H groups in total. The molecule has 0 saturated heterocycles. The summed E-state index contributed by atoms with van der Waals surface area (Å²) in [5.41, 5.74) is 0. The van der Waals surface area contributed by atoms with Crippen molar-refractivity contribution in [2.24, 2.45) is 0 Å². The fourth-order valence-electron chi connectivity index (χ4n) is 1.29. The lowest BCUT2D eigenvalue weighted by Gasteiger charge is -2.38. The molecule has 0 bridgehead atoms. The molecule has 6 heteroatoms. The van der Waals surface area contributed by atoms with E-state index >= 15 is 0 Å². The highest BCUT2D eigenvalue weighted by Gasteiger charge is 2.37. The molecule has 0 aromatic carbocycles. The fraction of sp³-hybridized carbons (Fsp3) is 0.846. The Kier molecular flexibility index (Phi) is 6.22. The molecule has 0 rings (SSSR count). The molecule has 1 unspecified atom stereocenters. The van der Waals surface area contributed by atoms with Crippen LogP contribution in [0.25, 0.3) is 0 Å². The summed E-state index contributed by atoms with van der Waals surface area (Å²) in [5, 5.41) is 9.20. The van der Waals surface area contributed by atoms with Crippen molar-refractivity contribution >= 4 is 20.2 Å². The van der Waals surface area contributed by atoms with Gasteiger partial charge in [-0.1, -0.05) is 20.8 Å². The van der Waals surface area contributed by atoms with Crippen LogP contribution in [0.5, 0.6) is 0 Å². The Morgan fingerprint density at radius 1 is 1.32 bits per heavy atom. The highest BCUT2D eigenvalue weighted by molar-refractivity contribution is 6.74. The molecule has 1 atom stereocenters. The smallest absolute Gasteiger partial charge is 0.408 e. The quantitative estimate of drug-likeness (QED) is 0.763. The van der Waals surface area contributed by atoms with E-state index in [1.54, 1.807) is 6.92 Å². The zero-order valence-electron chi connectivity index (χ0n) is 13.1. The van der Waals surface area contributed by atoms with Crippen LogP contribution in [-0.4, -0.2) is 49.4 Å². The zero-order chi connectivity index (χ0) is 15.4. The van der Waals surface area contributed by atoms with Crippen molar-refractivity contribution in [2.75, 3.05) is 13.2 Å². The van der Waals surface area contributed by atoms with Gasteiger partial charge in [0.15, 0.2) is 8.32 Å². The van der Waals surface area contributed by atoms with Gasteiger partial charge in [-0.15, -0.1) is 0 Å². The molecular weight excluding hydrogens is 262 g/mol. The van der Waals surface area contributed by atoms with Gasteiger partial charge in [-0.2, -0.15) is 0 Å². The number of ketones is 1. The first-order valence-corrected chi connectivity index (χ1v) is 9.42. The van der Waals surface area contributed by atoms with Gasteiger partial charge in [0.05, 0.1) is 19.2 Å². The maximum atomic E-state index is 11.1. The van der Waals surface area contributed by atoms with Crippen molar-refractivity contribution in [3.8, 4) is 0 Å². The first-order valence-electron chi connectivity index (χ1n) is 6.51. The molecule has 0 aromatic rings. The van der Waals surface area contributed by atoms with Crippen LogP contribution in [0.1, 0.15) is 34.6 Å². The van der Waals surface area contributed by atoms with E-state index < -0.39 is 14.4 Å². The third-order valence-electron chi connectivity index (χ3n) is 3.66. The van der Waals surface area contributed by atoms with E-state index in [1.165, 1.54) is 6.92 Å². The van der Waals surface area contributed by atoms with E-state index in [0.717, 1.165) is 4.90 Å². The van der Waals surface area contributed by atoms with Crippen LogP contribution in [0.4, 0.5) is 4.79 Å². The van der Waals surface area contributed by atoms with Crippen molar-refractivity contribution in [3.05, 3.63) is 0 Å². The number of carbonyl (C=O) groups excluding carboxylic acids is 1. The van der Waals surface area contributed by atoms with Crippen LogP contribution >= 0.6 is 0 Å². The van der Waals surface area contributed by atoms with Gasteiger partial charge in [0, 0.05) is 0 Å². The average molecular weight is 289 g/mol. The van der Waals surface area contributed by atoms with E-state index in [4.69, 9.17) is 9.53 Å². The lowest BCUT2D eigenvalue weighted by Crippen LogP contribution is -2.47. The molecule has 0 fully saturated rings. The second-order valence-corrected chi connectivity index (χ2v) is 11.3. The van der Waals surface area contributed by atoms with Gasteiger partial charge in [-0.3, -0.25) is 9.69 Å². The summed E-state index contributed by atoms with van der Waals surface area (Å²) in [7, 11) is -1.89. The van der Waals surface area contributed by atoms with Gasteiger partial charge in [0.25, 0.3) is 0 Å². The Morgan fingerprint density at radius 2 is 1.79 bits per heavy atom. The lowest BCUT2D eigenvalue weighted by molar-refractivity contribution is -0.118. The second kappa shape index (κ2) is 6.52. The molecule has 0 aliphatic carbocycles. The number of carbonyl (C=O) groups is 2. The van der Waals surface area contributed by atoms with Crippen LogP contribution in [0, 0.1) is 0 Å². The topological polar surface area (TPSA) is 66.8 Å². The fourth-order valence-corrected chi connectivity index (χ4v) is 2.38. The van der Waals surface area contributed by atoms with E-state index in [2.05, 4.69) is 33.9 Å². The summed E-state index contributed by atoms with van der Waals surface area (Å²) in [6.07, 6.45) is -1.08. The van der Waals surface area contributed by atoms with E-state index in [9.17, 15) is 9.59 Å². The summed E-state index contributed by atoms with van der Waals surface area (Å²) >= 11 is 0. The van der Waals surface area contributed by atoms with Gasteiger partial charge in [0.1, 0.15) is 5.78 Å². The predicted molar refractivity (Wildman–Crippen MR) is 78.0 cm³/mol. The number of hydrogen-bond acceptors (Lipinski definition) is 3. The standard InChI is InChI=1S/C13H27NO4Si/c1-10(14(12(16)17)8-11(2)15)9-18-19(6,7)13(3,4)5/h10H,8-9H2,1-7H3,(H,16,17). The molecule has 112 valence electrons. The molecule has 0 aliphatic rings. The Morgan fingerprint density at radius 3 is 2.11 bits per heavy atom. The maximum absolute atomic E-state index is 11.1. The minimum atomic E-state index is -1.89. The van der Waals surface area contributed by atoms with Gasteiger partial charge in [-0.05, 0) is 32.0 Å². The van der Waals surface area contributed by atoms with E-state index in [0.29, 0.717) is 6.61 Å². The van der Waals surface area contributed by atoms with Gasteiger partial charge in [-0.25, -0.2) is 4.79 Å². The highest BCUT2D eigenvalue weighted by Crippen LogP contribution is 2.36. The molecule has 0 radical (unpaired) electrons. The Hall–Kier alpha value is -0.883. The van der Waals surface area contributed by atoms with E-state index in [1.807, 2.05) is 0 Å². The molecule has 0 heterocycles. The number of hydrogen-bond donors (Lipinski definition) is 1. The normalized spacial score (nSPS) is 14.1. The number of rotatable bonds is 6. The zero-order valence-corrected chi connectivity index (χ0v) is 14.1. The molecule has 0 spiro atoms. The van der Waals surface area contributed by atoms with Crippen LogP contribution in [0.15, 0.2) is 0 Å². The summed E-state index contributed by atoms with van der Waals surface area (Å²) in [5.74, 6) is -0.165. The van der Waals surface area contributed by atoms with Crippen molar-refractivity contribution in [2.45, 2.75) is 58.8 Å². The van der Waals surface area contributed by atoms with Crippen molar-refractivity contribution < 1.29 is 19.1 Å². The Bertz CT molecular complexity index is 336. The number of nitrogens with zero attached hydrogens (tertiary/aromatic N) is 1. The summed E-state index contributed by atoms with van der Waals surface area (Å²) in [4.78, 5) is 23.3. The SMILES string of the molecule is CC(=O)CN(C(=O)O)C(C)CO[Si](C)(C)C(C)(C)C. The average Bonchev–Trinajstić information content (AvgIpc) is 2.20. The summed E-state index contributed by atoms with van der Waals surface area (Å²) in [6, 6.07) is -0.324. The van der Waals surface area contributed by atoms with Crippen molar-refractivity contribution in [3.63, 3.8) is 0 Å². The molecule has 0 saturated carbocycles. The monoisotopic (exact) mass is 289 g/mol. The van der Waals surface area contributed by atoms with E-state index in [-0.39, 0.29) is 23.4 Å². The molecule has 1 amide bonds. The van der Waals surface area contributed by atoms with Crippen molar-refractivity contribution in [1.82, 2.24) is 4.90 Å². The van der Waals surface area contributed by atoms with Crippen molar-refractivity contribution in [1.29, 1.82) is 0 Å². The largest absolute Gasteiger partial charge is 0.465 e. The van der Waals surface area contributed by atoms with Gasteiger partial charge >= 0.3 is 6.09 Å². The van der Waals surface area contributed by atoms with Crippen LogP contribution in [-0.2, 0) is 9.22 Å². The number of Topliss-reactive ketones (excluding diaryl/α,β-unsaturated/α-hetero) is 1. The lowest BCUT2D eigenvalue weighted by atomic mass is 10.2. The molecule has 0 aromatic heterocycles. The third-order valence-corrected chi connectivity index (χ3v) is 8.16. The Labute approximate surface area is 117 Å². The number of amides is 1. The molecule has 0 aliphatic heterocycles. The summed E-state index contributed by atoms with van der Waals surface area (Å²) in [6.45, 7) is 14.0. The van der Waals surface area contributed by atoms with Crippen LogP contribution < -0.4 is 0 Å². The van der Waals surface area contributed by atoms with Crippen LogP contribution in [0.3, 0.4) is 0 Å². The summed E-state index contributed by atoms with van der Waals surface area (Å²) < 4.78 is 5.99. The molecule has 5 nitrogen and oxygen atoms in total. The minimum Gasteiger partial charge on any atom is -0.465 e. The molecular formula is C13H27NO4Si. The van der Waals surface area contributed by atoms with Gasteiger partial charge in [0.2, 0.25) is 0 Å². The predicted octanol–water partition coefficient (Wildman–Crippen LogP) is 2.97. The third kappa shape index (κ3) is 5.73. The highest BCUT2D eigenvalue weighted by atomic mass is 28.4. The van der Waals surface area contributed by atoms with Gasteiger partial charge < -0.3 is 9.53 Å². The first-order chi connectivity index (χ1) is 8.38. The first kappa shape index (κ1) is 18.1. The Balaban J connectivity index is 4.63. The molecule has 19 heavy (non-hydrogen) atoms. The minimum absolute atomic E-state index is 0.0847. The number of carboxylic acid groups (broad SMARTS) is 1. The maximum Gasteiger partial charge on any atom is 0.408 e. The second-order valence-electron chi connectivity index (χ2n) is 6.53.